The van der Waals surface area contributed by atoms with E-state index in [2.05, 4.69) is 19.9 Å². The van der Waals surface area contributed by atoms with Gasteiger partial charge in [-0.3, -0.25) is 9.78 Å². The number of nitrogen functional groups attached to an aromatic ring is 4. The van der Waals surface area contributed by atoms with E-state index in [1.54, 1.807) is 6.07 Å². The van der Waals surface area contributed by atoms with Crippen molar-refractivity contribution >= 4 is 23.5 Å². The number of aromatic amines is 1. The van der Waals surface area contributed by atoms with Crippen LogP contribution in [0.25, 0.3) is 0 Å². The average molecular weight is 236 g/mol. The highest BCUT2D eigenvalue weighted by molar-refractivity contribution is 5.31. The summed E-state index contributed by atoms with van der Waals surface area (Å²) >= 11 is 0. The zero-order valence-corrected chi connectivity index (χ0v) is 8.79. The third-order valence-corrected chi connectivity index (χ3v) is 1.48. The second-order valence-electron chi connectivity index (χ2n) is 2.90. The van der Waals surface area contributed by atoms with Gasteiger partial charge in [-0.15, -0.1) is 0 Å². The van der Waals surface area contributed by atoms with E-state index < -0.39 is 0 Å². The molecule has 0 aliphatic rings. The molecule has 0 saturated carbocycles. The summed E-state index contributed by atoms with van der Waals surface area (Å²) in [6, 6.07) is 2.74. The Kier molecular flexibility index (Phi) is 3.81. The average Bonchev–Trinajstić information content (AvgIpc) is 2.15. The van der Waals surface area contributed by atoms with Gasteiger partial charge in [-0.25, -0.2) is 4.98 Å². The maximum Gasteiger partial charge on any atom is 0.254 e. The number of nitrogens with two attached hydrogens (primary N) is 4. The molecule has 0 unspecified atom stereocenters. The van der Waals surface area contributed by atoms with Gasteiger partial charge >= 0.3 is 0 Å². The fourth-order valence-electron chi connectivity index (χ4n) is 0.884. The predicted molar refractivity (Wildman–Crippen MR) is 64.5 cm³/mol. The Balaban J connectivity index is 0.000000171. The number of nitrogens with one attached hydrogen (secondary N) is 1. The molecule has 2 aromatic heterocycles. The van der Waals surface area contributed by atoms with Gasteiger partial charge < -0.3 is 22.9 Å². The first-order valence-electron chi connectivity index (χ1n) is 4.43. The van der Waals surface area contributed by atoms with Gasteiger partial charge in [0.2, 0.25) is 11.9 Å². The molecule has 9 heteroatoms. The second-order valence-corrected chi connectivity index (χ2v) is 2.90. The summed E-state index contributed by atoms with van der Waals surface area (Å²) < 4.78 is 0. The molecular weight excluding hydrogens is 224 g/mol. The van der Waals surface area contributed by atoms with Crippen molar-refractivity contribution in [2.24, 2.45) is 0 Å². The Morgan fingerprint density at radius 3 is 2.18 bits per heavy atom. The highest BCUT2D eigenvalue weighted by atomic mass is 16.1. The lowest BCUT2D eigenvalue weighted by atomic mass is 10.6. The van der Waals surface area contributed by atoms with Crippen molar-refractivity contribution < 1.29 is 0 Å². The van der Waals surface area contributed by atoms with E-state index in [9.17, 15) is 4.79 Å². The molecule has 9 nitrogen and oxygen atoms in total. The van der Waals surface area contributed by atoms with E-state index in [-0.39, 0.29) is 23.3 Å². The lowest BCUT2D eigenvalue weighted by Gasteiger charge is -1.90. The molecular formula is C8H12N8O. The van der Waals surface area contributed by atoms with E-state index in [0.717, 1.165) is 6.07 Å². The highest BCUT2D eigenvalue weighted by Crippen LogP contribution is 1.94. The number of nitrogens with zero attached hydrogens (tertiary/aromatic N) is 3. The maximum atomic E-state index is 10.5. The van der Waals surface area contributed by atoms with Crippen molar-refractivity contribution in [2.75, 3.05) is 22.9 Å². The summed E-state index contributed by atoms with van der Waals surface area (Å²) in [4.78, 5) is 23.5. The normalized spacial score (nSPS) is 9.18. The van der Waals surface area contributed by atoms with E-state index >= 15 is 0 Å². The van der Waals surface area contributed by atoms with Crippen molar-refractivity contribution in [1.82, 2.24) is 19.9 Å². The van der Waals surface area contributed by atoms with Crippen LogP contribution in [0.3, 0.4) is 0 Å². The van der Waals surface area contributed by atoms with Gasteiger partial charge in [-0.05, 0) is 6.07 Å². The SMILES string of the molecule is Nc1cc(=O)[nH]c(N)n1.Nc1ccnc(N)n1. The van der Waals surface area contributed by atoms with Crippen LogP contribution in [0.1, 0.15) is 0 Å². The van der Waals surface area contributed by atoms with Gasteiger partial charge in [-0.2, -0.15) is 9.97 Å². The quantitative estimate of drug-likeness (QED) is 0.370. The standard InChI is InChI=1S/C4H6N4O.C4H6N4/c5-2-1-3(9)8-4(6)7-2;5-3-1-2-7-4(6)8-3/h1H,(H5,5,6,7,8,9);1-2H,(H4,5,6,7,8). The Labute approximate surface area is 95.9 Å². The number of rotatable bonds is 0. The highest BCUT2D eigenvalue weighted by Gasteiger charge is 1.89. The van der Waals surface area contributed by atoms with Crippen molar-refractivity contribution in [1.29, 1.82) is 0 Å². The molecule has 0 aromatic carbocycles. The van der Waals surface area contributed by atoms with Crippen molar-refractivity contribution in [3.63, 3.8) is 0 Å². The summed E-state index contributed by atoms with van der Waals surface area (Å²) in [5.74, 6) is 0.791. The molecule has 0 spiro atoms. The van der Waals surface area contributed by atoms with Crippen LogP contribution < -0.4 is 28.5 Å². The summed E-state index contributed by atoms with van der Waals surface area (Å²) in [7, 11) is 0. The van der Waals surface area contributed by atoms with Crippen LogP contribution >= 0.6 is 0 Å². The molecule has 2 aromatic rings. The van der Waals surface area contributed by atoms with Crippen LogP contribution in [0.4, 0.5) is 23.5 Å². The van der Waals surface area contributed by atoms with E-state index in [4.69, 9.17) is 22.9 Å². The van der Waals surface area contributed by atoms with E-state index in [1.165, 1.54) is 6.20 Å². The smallest absolute Gasteiger partial charge is 0.254 e. The summed E-state index contributed by atoms with van der Waals surface area (Å²) in [6.45, 7) is 0. The largest absolute Gasteiger partial charge is 0.384 e. The van der Waals surface area contributed by atoms with Crippen molar-refractivity contribution in [3.8, 4) is 0 Å². The van der Waals surface area contributed by atoms with E-state index in [0.29, 0.717) is 5.82 Å². The second kappa shape index (κ2) is 5.30. The molecule has 0 saturated heterocycles. The lowest BCUT2D eigenvalue weighted by molar-refractivity contribution is 1.14. The van der Waals surface area contributed by atoms with Crippen molar-refractivity contribution in [3.05, 3.63) is 28.7 Å². The first kappa shape index (κ1) is 12.2. The molecule has 17 heavy (non-hydrogen) atoms. The third kappa shape index (κ3) is 4.46. The molecule has 0 aliphatic carbocycles. The van der Waals surface area contributed by atoms with Crippen LogP contribution in [0.5, 0.6) is 0 Å². The number of H-pyrrole nitrogens is 1. The summed E-state index contributed by atoms with van der Waals surface area (Å²) in [6.07, 6.45) is 1.51. The molecule has 90 valence electrons. The first-order valence-corrected chi connectivity index (χ1v) is 4.43. The maximum absolute atomic E-state index is 10.5. The van der Waals surface area contributed by atoms with Crippen LogP contribution in [-0.2, 0) is 0 Å². The minimum Gasteiger partial charge on any atom is -0.384 e. The zero-order chi connectivity index (χ0) is 12.8. The summed E-state index contributed by atoms with van der Waals surface area (Å²) in [5.41, 5.74) is 20.3. The van der Waals surface area contributed by atoms with Crippen LogP contribution in [0.2, 0.25) is 0 Å². The van der Waals surface area contributed by atoms with Gasteiger partial charge in [0.1, 0.15) is 11.6 Å². The molecule has 2 rings (SSSR count). The van der Waals surface area contributed by atoms with Gasteiger partial charge in [0.15, 0.2) is 0 Å². The van der Waals surface area contributed by atoms with Crippen LogP contribution in [0.15, 0.2) is 23.1 Å². The Morgan fingerprint density at radius 2 is 1.76 bits per heavy atom. The molecule has 0 aliphatic heterocycles. The monoisotopic (exact) mass is 236 g/mol. The topological polar surface area (TPSA) is 176 Å². The molecule has 0 bridgehead atoms. The molecule has 0 fully saturated rings. The van der Waals surface area contributed by atoms with E-state index in [1.807, 2.05) is 0 Å². The van der Waals surface area contributed by atoms with Gasteiger partial charge in [0.05, 0.1) is 0 Å². The lowest BCUT2D eigenvalue weighted by Crippen LogP contribution is -2.11. The minimum absolute atomic E-state index is 0.0417. The zero-order valence-electron chi connectivity index (χ0n) is 8.79. The molecule has 0 amide bonds. The number of aromatic nitrogens is 4. The van der Waals surface area contributed by atoms with Crippen molar-refractivity contribution in [2.45, 2.75) is 0 Å². The molecule has 0 atom stereocenters. The van der Waals surface area contributed by atoms with Crippen LogP contribution in [-0.4, -0.2) is 19.9 Å². The number of anilines is 4. The molecule has 2 heterocycles. The minimum atomic E-state index is -0.333. The fraction of sp³-hybridized carbons (Fsp3) is 0. The summed E-state index contributed by atoms with van der Waals surface area (Å²) in [5, 5.41) is 0. The fourth-order valence-corrected chi connectivity index (χ4v) is 0.884. The molecule has 9 N–H and O–H groups in total. The van der Waals surface area contributed by atoms with Crippen LogP contribution in [0, 0.1) is 0 Å². The third-order valence-electron chi connectivity index (χ3n) is 1.48. The van der Waals surface area contributed by atoms with Gasteiger partial charge in [-0.1, -0.05) is 0 Å². The predicted octanol–water partition coefficient (Wildman–Crippen LogP) is -1.42. The Bertz CT molecular complexity index is 511. The first-order chi connectivity index (χ1) is 7.97. The number of hydrogen-bond acceptors (Lipinski definition) is 8. The molecule has 0 radical (unpaired) electrons. The number of hydrogen-bond donors (Lipinski definition) is 5. The van der Waals surface area contributed by atoms with Gasteiger partial charge in [0.25, 0.3) is 5.56 Å². The Morgan fingerprint density at radius 1 is 1.06 bits per heavy atom. The van der Waals surface area contributed by atoms with Gasteiger partial charge in [0, 0.05) is 12.3 Å². The Hall–Kier alpha value is -2.84.